The molecule has 6 nitrogen and oxygen atoms in total. The van der Waals surface area contributed by atoms with Gasteiger partial charge in [-0.3, -0.25) is 4.79 Å². The molecule has 0 fully saturated rings. The molecule has 6 heteroatoms. The molecule has 1 aliphatic rings. The van der Waals surface area contributed by atoms with Gasteiger partial charge in [-0.25, -0.2) is 0 Å². The predicted octanol–water partition coefficient (Wildman–Crippen LogP) is 1.86. The fourth-order valence-corrected chi connectivity index (χ4v) is 1.90. The third-order valence-corrected chi connectivity index (χ3v) is 3.05. The molecular formula is C15H21NO5. The van der Waals surface area contributed by atoms with Crippen LogP contribution in [-0.4, -0.2) is 32.5 Å². The van der Waals surface area contributed by atoms with Crippen LogP contribution in [0.25, 0.3) is 0 Å². The van der Waals surface area contributed by atoms with E-state index in [0.29, 0.717) is 24.1 Å². The number of carbonyl (C=O) groups is 1. The molecule has 0 saturated heterocycles. The molecule has 0 aliphatic carbocycles. The first-order chi connectivity index (χ1) is 10.1. The minimum atomic E-state index is -0.294. The van der Waals surface area contributed by atoms with E-state index in [4.69, 9.17) is 14.2 Å². The lowest BCUT2D eigenvalue weighted by atomic mass is 10.1. The summed E-state index contributed by atoms with van der Waals surface area (Å²) in [6.07, 6.45) is 0.210. The Bertz CT molecular complexity index is 501. The highest BCUT2D eigenvalue weighted by Crippen LogP contribution is 2.38. The monoisotopic (exact) mass is 295 g/mol. The van der Waals surface area contributed by atoms with Crippen LogP contribution in [0.2, 0.25) is 0 Å². The van der Waals surface area contributed by atoms with E-state index in [0.717, 1.165) is 11.3 Å². The van der Waals surface area contributed by atoms with Crippen molar-refractivity contribution in [1.82, 2.24) is 5.32 Å². The fraction of sp³-hybridized carbons (Fsp3) is 0.533. The van der Waals surface area contributed by atoms with Crippen LogP contribution in [-0.2, 0) is 16.1 Å². The van der Waals surface area contributed by atoms with Gasteiger partial charge in [0.05, 0.1) is 20.1 Å². The second-order valence-electron chi connectivity index (χ2n) is 5.02. The molecule has 1 aliphatic heterocycles. The van der Waals surface area contributed by atoms with Gasteiger partial charge in [0.2, 0.25) is 6.79 Å². The quantitative estimate of drug-likeness (QED) is 0.775. The van der Waals surface area contributed by atoms with Gasteiger partial charge in [0.15, 0.2) is 11.5 Å². The maximum Gasteiger partial charge on any atom is 0.308 e. The van der Waals surface area contributed by atoms with E-state index >= 15 is 0 Å². The van der Waals surface area contributed by atoms with E-state index in [2.05, 4.69) is 23.9 Å². The summed E-state index contributed by atoms with van der Waals surface area (Å²) in [7, 11) is 1.36. The van der Waals surface area contributed by atoms with Crippen LogP contribution < -0.4 is 19.5 Å². The van der Waals surface area contributed by atoms with Crippen LogP contribution in [0.4, 0.5) is 0 Å². The van der Waals surface area contributed by atoms with E-state index < -0.39 is 0 Å². The summed E-state index contributed by atoms with van der Waals surface area (Å²) in [5, 5.41) is 3.34. The highest BCUT2D eigenvalue weighted by molar-refractivity contribution is 5.69. The van der Waals surface area contributed by atoms with Gasteiger partial charge >= 0.3 is 5.97 Å². The number of hydrogen-bond donors (Lipinski definition) is 1. The van der Waals surface area contributed by atoms with Crippen LogP contribution in [0.5, 0.6) is 17.2 Å². The van der Waals surface area contributed by atoms with Gasteiger partial charge < -0.3 is 24.3 Å². The summed E-state index contributed by atoms with van der Waals surface area (Å²) in [6, 6.07) is 4.07. The fourth-order valence-electron chi connectivity index (χ4n) is 1.90. The maximum absolute atomic E-state index is 11.1. The molecule has 0 radical (unpaired) electrons. The summed E-state index contributed by atoms with van der Waals surface area (Å²) in [5.74, 6) is 1.78. The van der Waals surface area contributed by atoms with Crippen LogP contribution in [0.1, 0.15) is 25.8 Å². The van der Waals surface area contributed by atoms with Gasteiger partial charge in [-0.05, 0) is 6.07 Å². The number of carbonyl (C=O) groups excluding carboxylic acids is 1. The van der Waals surface area contributed by atoms with Gasteiger partial charge in [-0.1, -0.05) is 13.8 Å². The molecule has 0 saturated carbocycles. The van der Waals surface area contributed by atoms with Crippen molar-refractivity contribution in [2.24, 2.45) is 0 Å². The van der Waals surface area contributed by atoms with E-state index in [1.807, 2.05) is 6.07 Å². The molecular weight excluding hydrogens is 274 g/mol. The molecule has 1 N–H and O–H groups in total. The first-order valence-corrected chi connectivity index (χ1v) is 6.95. The Labute approximate surface area is 124 Å². The van der Waals surface area contributed by atoms with E-state index in [9.17, 15) is 4.79 Å². The SMILES string of the molecule is COC(=O)CCOc1cc2c(cc1CNC(C)C)OCO2. The third-order valence-electron chi connectivity index (χ3n) is 3.05. The first-order valence-electron chi connectivity index (χ1n) is 6.95. The Kier molecular flexibility index (Phi) is 5.27. The number of benzene rings is 1. The number of ether oxygens (including phenoxy) is 4. The number of hydrogen-bond acceptors (Lipinski definition) is 6. The highest BCUT2D eigenvalue weighted by atomic mass is 16.7. The van der Waals surface area contributed by atoms with Crippen LogP contribution in [0, 0.1) is 0 Å². The number of esters is 1. The summed E-state index contributed by atoms with van der Waals surface area (Å²) < 4.78 is 21.0. The molecule has 0 aromatic heterocycles. The van der Waals surface area contributed by atoms with Gasteiger partial charge in [0, 0.05) is 24.2 Å². The zero-order valence-corrected chi connectivity index (χ0v) is 12.6. The average molecular weight is 295 g/mol. The number of fused-ring (bicyclic) bond motifs is 1. The largest absolute Gasteiger partial charge is 0.493 e. The molecule has 0 bridgehead atoms. The van der Waals surface area contributed by atoms with Crippen molar-refractivity contribution >= 4 is 5.97 Å². The molecule has 0 atom stereocenters. The maximum atomic E-state index is 11.1. The van der Waals surface area contributed by atoms with Crippen molar-refractivity contribution in [1.29, 1.82) is 0 Å². The lowest BCUT2D eigenvalue weighted by Crippen LogP contribution is -2.22. The van der Waals surface area contributed by atoms with Gasteiger partial charge in [0.1, 0.15) is 5.75 Å². The van der Waals surface area contributed by atoms with Crippen LogP contribution in [0.3, 0.4) is 0 Å². The standard InChI is InChI=1S/C15H21NO5/c1-10(2)16-8-11-6-13-14(21-9-20-13)7-12(11)19-5-4-15(17)18-3/h6-7,10,16H,4-5,8-9H2,1-3H3. The van der Waals surface area contributed by atoms with E-state index in [-0.39, 0.29) is 25.8 Å². The summed E-state index contributed by atoms with van der Waals surface area (Å²) in [4.78, 5) is 11.1. The van der Waals surface area contributed by atoms with Gasteiger partial charge in [-0.15, -0.1) is 0 Å². The molecule has 2 rings (SSSR count). The predicted molar refractivity (Wildman–Crippen MR) is 76.7 cm³/mol. The number of nitrogens with one attached hydrogen (secondary N) is 1. The second-order valence-corrected chi connectivity index (χ2v) is 5.02. The van der Waals surface area contributed by atoms with Crippen LogP contribution in [0.15, 0.2) is 12.1 Å². The third kappa shape index (κ3) is 4.26. The Hall–Kier alpha value is -1.95. The lowest BCUT2D eigenvalue weighted by molar-refractivity contribution is -0.141. The Morgan fingerprint density at radius 3 is 2.71 bits per heavy atom. The molecule has 1 aromatic rings. The Morgan fingerprint density at radius 1 is 1.33 bits per heavy atom. The molecule has 116 valence electrons. The van der Waals surface area contributed by atoms with Crippen molar-refractivity contribution in [3.05, 3.63) is 17.7 Å². The van der Waals surface area contributed by atoms with Crippen molar-refractivity contribution in [2.75, 3.05) is 20.5 Å². The summed E-state index contributed by atoms with van der Waals surface area (Å²) in [6.45, 7) is 5.29. The molecule has 1 heterocycles. The van der Waals surface area contributed by atoms with Crippen molar-refractivity contribution in [3.63, 3.8) is 0 Å². The minimum Gasteiger partial charge on any atom is -0.493 e. The lowest BCUT2D eigenvalue weighted by Gasteiger charge is -2.14. The van der Waals surface area contributed by atoms with Crippen LogP contribution >= 0.6 is 0 Å². The number of rotatable bonds is 7. The van der Waals surface area contributed by atoms with Crippen molar-refractivity contribution in [3.8, 4) is 17.2 Å². The molecule has 21 heavy (non-hydrogen) atoms. The summed E-state index contributed by atoms with van der Waals surface area (Å²) in [5.41, 5.74) is 0.970. The van der Waals surface area contributed by atoms with E-state index in [1.54, 1.807) is 6.07 Å². The number of methoxy groups -OCH3 is 1. The zero-order valence-electron chi connectivity index (χ0n) is 12.6. The highest BCUT2D eigenvalue weighted by Gasteiger charge is 2.18. The smallest absolute Gasteiger partial charge is 0.308 e. The molecule has 0 unspecified atom stereocenters. The topological polar surface area (TPSA) is 66.0 Å². The summed E-state index contributed by atoms with van der Waals surface area (Å²) >= 11 is 0. The second kappa shape index (κ2) is 7.17. The van der Waals surface area contributed by atoms with Crippen molar-refractivity contribution in [2.45, 2.75) is 32.9 Å². The zero-order chi connectivity index (χ0) is 15.2. The normalized spacial score (nSPS) is 12.6. The Morgan fingerprint density at radius 2 is 2.05 bits per heavy atom. The molecule has 1 aromatic carbocycles. The van der Waals surface area contributed by atoms with Gasteiger partial charge in [0.25, 0.3) is 0 Å². The van der Waals surface area contributed by atoms with E-state index in [1.165, 1.54) is 7.11 Å². The van der Waals surface area contributed by atoms with Gasteiger partial charge in [-0.2, -0.15) is 0 Å². The van der Waals surface area contributed by atoms with Crippen molar-refractivity contribution < 1.29 is 23.7 Å². The minimum absolute atomic E-state index is 0.210. The Balaban J connectivity index is 2.07. The molecule has 0 amide bonds. The first kappa shape index (κ1) is 15.4. The average Bonchev–Trinajstić information content (AvgIpc) is 2.91. The molecule has 0 spiro atoms.